The van der Waals surface area contributed by atoms with Crippen LogP contribution in [0.3, 0.4) is 0 Å². The number of fused-ring (bicyclic) bond motifs is 1. The number of carbonyl (C=O) groups is 1. The van der Waals surface area contributed by atoms with Gasteiger partial charge in [0.05, 0.1) is 0 Å². The summed E-state index contributed by atoms with van der Waals surface area (Å²) in [5.41, 5.74) is 4.59. The van der Waals surface area contributed by atoms with Gasteiger partial charge in [-0.25, -0.2) is 0 Å². The lowest BCUT2D eigenvalue weighted by Gasteiger charge is -2.37. The Morgan fingerprint density at radius 2 is 1.83 bits per heavy atom. The Labute approximate surface area is 178 Å². The van der Waals surface area contributed by atoms with Crippen LogP contribution in [0.25, 0.3) is 0 Å². The van der Waals surface area contributed by atoms with Crippen LogP contribution in [-0.4, -0.2) is 61.3 Å². The van der Waals surface area contributed by atoms with Gasteiger partial charge in [-0.1, -0.05) is 19.1 Å². The van der Waals surface area contributed by atoms with Crippen molar-refractivity contribution in [2.45, 2.75) is 32.3 Å². The third kappa shape index (κ3) is 5.12. The zero-order valence-electron chi connectivity index (χ0n) is 17.6. The average Bonchev–Trinajstić information content (AvgIpc) is 2.78. The molecule has 160 valence electrons. The van der Waals surface area contributed by atoms with Crippen LogP contribution in [0.2, 0.25) is 0 Å². The van der Waals surface area contributed by atoms with E-state index in [1.54, 1.807) is 0 Å². The van der Waals surface area contributed by atoms with Gasteiger partial charge in [-0.2, -0.15) is 0 Å². The van der Waals surface area contributed by atoms with Gasteiger partial charge in [0.2, 0.25) is 5.91 Å². The molecule has 1 atom stereocenters. The summed E-state index contributed by atoms with van der Waals surface area (Å²) >= 11 is 0. The molecule has 0 saturated carbocycles. The molecule has 0 aliphatic carbocycles. The zero-order chi connectivity index (χ0) is 20.9. The van der Waals surface area contributed by atoms with Crippen LogP contribution in [0.4, 0.5) is 11.4 Å². The van der Waals surface area contributed by atoms with Gasteiger partial charge in [0, 0.05) is 50.5 Å². The van der Waals surface area contributed by atoms with Crippen LogP contribution >= 0.6 is 0 Å². The number of anilines is 2. The molecule has 6 nitrogen and oxygen atoms in total. The number of nitrogens with zero attached hydrogens (tertiary/aromatic N) is 2. The number of rotatable bonds is 7. The molecule has 2 aliphatic heterocycles. The summed E-state index contributed by atoms with van der Waals surface area (Å²) in [6, 6.07) is 14.5. The number of nitrogens with one attached hydrogen (secondary N) is 1. The first-order valence-electron chi connectivity index (χ1n) is 10.9. The van der Waals surface area contributed by atoms with E-state index in [0.717, 1.165) is 56.0 Å². The van der Waals surface area contributed by atoms with E-state index in [1.807, 2.05) is 18.2 Å². The summed E-state index contributed by atoms with van der Waals surface area (Å²) in [7, 11) is 0. The fourth-order valence-corrected chi connectivity index (χ4v) is 4.12. The average molecular weight is 410 g/mol. The summed E-state index contributed by atoms with van der Waals surface area (Å²) in [6.45, 7) is 6.86. The maximum atomic E-state index is 11.5. The highest BCUT2D eigenvalue weighted by atomic mass is 16.5. The molecule has 0 bridgehead atoms. The van der Waals surface area contributed by atoms with Crippen molar-refractivity contribution in [3.8, 4) is 5.75 Å². The van der Waals surface area contributed by atoms with Crippen molar-refractivity contribution in [3.63, 3.8) is 0 Å². The van der Waals surface area contributed by atoms with Crippen LogP contribution in [0.1, 0.15) is 24.5 Å². The van der Waals surface area contributed by atoms with Gasteiger partial charge in [-0.15, -0.1) is 0 Å². The quantitative estimate of drug-likeness (QED) is 0.736. The first-order chi connectivity index (χ1) is 14.6. The highest BCUT2D eigenvalue weighted by molar-refractivity contribution is 5.94. The van der Waals surface area contributed by atoms with Gasteiger partial charge in [-0.05, 0) is 54.3 Å². The fourth-order valence-electron chi connectivity index (χ4n) is 4.12. The number of hydrogen-bond acceptors (Lipinski definition) is 5. The standard InChI is InChI=1S/C24H31N3O3/c1-2-18-3-6-20(7-4-18)27-13-11-26(12-14-27)16-21(28)17-30-22-8-9-23-19(15-22)5-10-24(29)25-23/h3-4,6-9,15,21,28H,2,5,10-14,16-17H2,1H3,(H,25,29)/t21-/m0/s1. The van der Waals surface area contributed by atoms with Gasteiger partial charge in [0.1, 0.15) is 18.5 Å². The lowest BCUT2D eigenvalue weighted by Crippen LogP contribution is -2.49. The van der Waals surface area contributed by atoms with Gasteiger partial charge in [0.25, 0.3) is 0 Å². The number of aryl methyl sites for hydroxylation is 2. The molecule has 0 radical (unpaired) electrons. The van der Waals surface area contributed by atoms with Crippen molar-refractivity contribution in [3.05, 3.63) is 53.6 Å². The van der Waals surface area contributed by atoms with E-state index in [2.05, 4.69) is 46.3 Å². The molecule has 0 unspecified atom stereocenters. The molecule has 6 heteroatoms. The number of β-amino-alcohol motifs (C(OH)–C–C–N with tert-alkyl or cyclic N) is 1. The molecule has 2 aliphatic rings. The Bertz CT molecular complexity index is 860. The minimum Gasteiger partial charge on any atom is -0.491 e. The molecule has 30 heavy (non-hydrogen) atoms. The number of ether oxygens (including phenoxy) is 1. The Morgan fingerprint density at radius 1 is 1.07 bits per heavy atom. The van der Waals surface area contributed by atoms with Crippen LogP contribution < -0.4 is 15.0 Å². The molecule has 2 heterocycles. The molecule has 2 aromatic rings. The van der Waals surface area contributed by atoms with Gasteiger partial charge < -0.3 is 20.1 Å². The van der Waals surface area contributed by atoms with E-state index in [4.69, 9.17) is 4.74 Å². The number of piperazine rings is 1. The molecule has 2 aromatic carbocycles. The van der Waals surface area contributed by atoms with Crippen molar-refractivity contribution in [1.82, 2.24) is 4.90 Å². The predicted octanol–water partition coefficient (Wildman–Crippen LogP) is 2.70. The highest BCUT2D eigenvalue weighted by Crippen LogP contribution is 2.27. The number of aliphatic hydroxyl groups excluding tert-OH is 1. The highest BCUT2D eigenvalue weighted by Gasteiger charge is 2.20. The predicted molar refractivity (Wildman–Crippen MR) is 119 cm³/mol. The monoisotopic (exact) mass is 409 g/mol. The maximum absolute atomic E-state index is 11.5. The maximum Gasteiger partial charge on any atom is 0.224 e. The summed E-state index contributed by atoms with van der Waals surface area (Å²) in [6.07, 6.45) is 1.77. The summed E-state index contributed by atoms with van der Waals surface area (Å²) < 4.78 is 5.81. The van der Waals surface area contributed by atoms with E-state index in [9.17, 15) is 9.90 Å². The Hall–Kier alpha value is -2.57. The van der Waals surface area contributed by atoms with Crippen LogP contribution in [0.5, 0.6) is 5.75 Å². The molecule has 0 spiro atoms. The van der Waals surface area contributed by atoms with Crippen LogP contribution in [0.15, 0.2) is 42.5 Å². The van der Waals surface area contributed by atoms with Crippen molar-refractivity contribution < 1.29 is 14.6 Å². The van der Waals surface area contributed by atoms with Crippen molar-refractivity contribution in [2.75, 3.05) is 49.5 Å². The zero-order valence-corrected chi connectivity index (χ0v) is 17.6. The smallest absolute Gasteiger partial charge is 0.224 e. The van der Waals surface area contributed by atoms with Crippen molar-refractivity contribution in [1.29, 1.82) is 0 Å². The molecule has 1 amide bonds. The van der Waals surface area contributed by atoms with E-state index in [-0.39, 0.29) is 12.5 Å². The van der Waals surface area contributed by atoms with Crippen molar-refractivity contribution >= 4 is 17.3 Å². The third-order valence-corrected chi connectivity index (χ3v) is 5.97. The second-order valence-electron chi connectivity index (χ2n) is 8.14. The largest absolute Gasteiger partial charge is 0.491 e. The Morgan fingerprint density at radius 3 is 2.57 bits per heavy atom. The molecule has 4 rings (SSSR count). The Balaban J connectivity index is 1.21. The molecule has 0 aromatic heterocycles. The fraction of sp³-hybridized carbons (Fsp3) is 0.458. The van der Waals surface area contributed by atoms with E-state index in [1.165, 1.54) is 11.3 Å². The summed E-state index contributed by atoms with van der Waals surface area (Å²) in [5, 5.41) is 13.3. The Kier molecular flexibility index (Phi) is 6.55. The first-order valence-corrected chi connectivity index (χ1v) is 10.9. The second-order valence-corrected chi connectivity index (χ2v) is 8.14. The molecular formula is C24H31N3O3. The van der Waals surface area contributed by atoms with E-state index < -0.39 is 6.10 Å². The number of hydrogen-bond donors (Lipinski definition) is 2. The summed E-state index contributed by atoms with van der Waals surface area (Å²) in [5.74, 6) is 0.800. The number of benzene rings is 2. The number of amides is 1. The minimum atomic E-state index is -0.531. The minimum absolute atomic E-state index is 0.0599. The second kappa shape index (κ2) is 9.49. The summed E-state index contributed by atoms with van der Waals surface area (Å²) in [4.78, 5) is 16.2. The van der Waals surface area contributed by atoms with E-state index >= 15 is 0 Å². The first kappa shape index (κ1) is 20.7. The molecule has 1 fully saturated rings. The topological polar surface area (TPSA) is 65.0 Å². The molecular weight excluding hydrogens is 378 g/mol. The van der Waals surface area contributed by atoms with Crippen LogP contribution in [-0.2, 0) is 17.6 Å². The molecule has 1 saturated heterocycles. The number of aliphatic hydroxyl groups is 1. The lowest BCUT2D eigenvalue weighted by molar-refractivity contribution is -0.116. The SMILES string of the molecule is CCc1ccc(N2CCN(C[C@H](O)COc3ccc4c(c3)CCC(=O)N4)CC2)cc1. The van der Waals surface area contributed by atoms with Crippen molar-refractivity contribution in [2.24, 2.45) is 0 Å². The van der Waals surface area contributed by atoms with E-state index in [0.29, 0.717) is 13.0 Å². The van der Waals surface area contributed by atoms with Gasteiger partial charge in [-0.3, -0.25) is 9.69 Å². The third-order valence-electron chi connectivity index (χ3n) is 5.97. The normalized spacial score (nSPS) is 17.9. The number of carbonyl (C=O) groups excluding carboxylic acids is 1. The lowest BCUT2D eigenvalue weighted by atomic mass is 10.0. The van der Waals surface area contributed by atoms with Gasteiger partial charge >= 0.3 is 0 Å². The molecule has 2 N–H and O–H groups in total. The van der Waals surface area contributed by atoms with Crippen LogP contribution in [0, 0.1) is 0 Å². The van der Waals surface area contributed by atoms with Gasteiger partial charge in [0.15, 0.2) is 0 Å².